The zero-order valence-corrected chi connectivity index (χ0v) is 13.2. The van der Waals surface area contributed by atoms with Crippen LogP contribution in [0.5, 0.6) is 0 Å². The summed E-state index contributed by atoms with van der Waals surface area (Å²) in [5.74, 6) is 3.38. The van der Waals surface area contributed by atoms with E-state index in [4.69, 9.17) is 0 Å². The maximum atomic E-state index is 11.6. The first-order chi connectivity index (χ1) is 9.09. The number of fused-ring (bicyclic) bond motifs is 1. The first kappa shape index (κ1) is 15.3. The van der Waals surface area contributed by atoms with Gasteiger partial charge < -0.3 is 5.32 Å². The minimum absolute atomic E-state index is 0.285. The molecule has 0 saturated heterocycles. The van der Waals surface area contributed by atoms with E-state index >= 15 is 0 Å². The molecule has 0 aromatic rings. The average Bonchev–Trinajstić information content (AvgIpc) is 3.12. The molecular weight excluding hydrogens is 258 g/mol. The minimum Gasteiger partial charge on any atom is -0.314 e. The second kappa shape index (κ2) is 6.57. The lowest BCUT2D eigenvalue weighted by atomic mass is 10.0. The molecular formula is C15H29NO2S. The molecule has 4 heteroatoms. The second-order valence-electron chi connectivity index (χ2n) is 6.23. The fourth-order valence-corrected chi connectivity index (χ4v) is 4.90. The quantitative estimate of drug-likeness (QED) is 0.746. The summed E-state index contributed by atoms with van der Waals surface area (Å²) >= 11 is 0. The van der Waals surface area contributed by atoms with E-state index in [9.17, 15) is 8.42 Å². The summed E-state index contributed by atoms with van der Waals surface area (Å²) in [7, 11) is -2.79. The Balaban J connectivity index is 1.80. The minimum atomic E-state index is -2.79. The number of nitrogens with one attached hydrogen (secondary N) is 1. The largest absolute Gasteiger partial charge is 0.314 e. The molecule has 0 spiro atoms. The molecule has 0 aromatic heterocycles. The Bertz CT molecular complexity index is 368. The lowest BCUT2D eigenvalue weighted by molar-refractivity contribution is 0.411. The Morgan fingerprint density at radius 3 is 2.32 bits per heavy atom. The Morgan fingerprint density at radius 2 is 1.79 bits per heavy atom. The van der Waals surface area contributed by atoms with Crippen molar-refractivity contribution in [3.05, 3.63) is 0 Å². The highest BCUT2D eigenvalue weighted by molar-refractivity contribution is 7.91. The van der Waals surface area contributed by atoms with E-state index in [1.165, 1.54) is 25.7 Å². The number of rotatable bonds is 8. The zero-order valence-electron chi connectivity index (χ0n) is 12.4. The highest BCUT2D eigenvalue weighted by Gasteiger charge is 2.53. The van der Waals surface area contributed by atoms with Crippen molar-refractivity contribution in [3.8, 4) is 0 Å². The molecule has 0 amide bonds. The van der Waals surface area contributed by atoms with E-state index in [1.807, 2.05) is 0 Å². The first-order valence-electron chi connectivity index (χ1n) is 8.03. The van der Waals surface area contributed by atoms with Crippen LogP contribution < -0.4 is 5.32 Å². The number of hydrogen-bond donors (Lipinski definition) is 1. The van der Waals surface area contributed by atoms with Crippen molar-refractivity contribution >= 4 is 9.84 Å². The van der Waals surface area contributed by atoms with Crippen LogP contribution in [0.1, 0.15) is 52.4 Å². The second-order valence-corrected chi connectivity index (χ2v) is 8.71. The van der Waals surface area contributed by atoms with Crippen LogP contribution in [0, 0.1) is 17.8 Å². The maximum absolute atomic E-state index is 11.6. The molecule has 112 valence electrons. The van der Waals surface area contributed by atoms with Gasteiger partial charge in [0.1, 0.15) is 9.84 Å². The Morgan fingerprint density at radius 1 is 1.16 bits per heavy atom. The van der Waals surface area contributed by atoms with Crippen LogP contribution in [0.4, 0.5) is 0 Å². The molecule has 1 N–H and O–H groups in total. The monoisotopic (exact) mass is 287 g/mol. The van der Waals surface area contributed by atoms with Gasteiger partial charge in [0.2, 0.25) is 0 Å². The summed E-state index contributed by atoms with van der Waals surface area (Å²) in [6, 6.07) is 0.560. The van der Waals surface area contributed by atoms with Crippen molar-refractivity contribution in [2.75, 3.05) is 18.1 Å². The van der Waals surface area contributed by atoms with Crippen LogP contribution in [0.2, 0.25) is 0 Å². The molecule has 3 nitrogen and oxygen atoms in total. The van der Waals surface area contributed by atoms with Gasteiger partial charge in [0.05, 0.1) is 5.75 Å². The van der Waals surface area contributed by atoms with Crippen molar-refractivity contribution in [1.82, 2.24) is 5.32 Å². The summed E-state index contributed by atoms with van der Waals surface area (Å²) in [6.45, 7) is 4.90. The van der Waals surface area contributed by atoms with Gasteiger partial charge in [-0.1, -0.05) is 26.7 Å². The van der Waals surface area contributed by atoms with E-state index in [0.717, 1.165) is 37.1 Å². The van der Waals surface area contributed by atoms with Crippen LogP contribution in [-0.2, 0) is 9.84 Å². The van der Waals surface area contributed by atoms with Crippen LogP contribution in [0.25, 0.3) is 0 Å². The summed E-state index contributed by atoms with van der Waals surface area (Å²) in [5.41, 5.74) is 0. The third-order valence-electron chi connectivity index (χ3n) is 5.06. The highest BCUT2D eigenvalue weighted by atomic mass is 32.2. The molecule has 0 aromatic carbocycles. The predicted molar refractivity (Wildman–Crippen MR) is 80.0 cm³/mol. The van der Waals surface area contributed by atoms with Gasteiger partial charge in [-0.2, -0.15) is 0 Å². The fourth-order valence-electron chi connectivity index (χ4n) is 4.00. The molecule has 0 radical (unpaired) electrons. The summed E-state index contributed by atoms with van der Waals surface area (Å²) < 4.78 is 23.1. The number of hydrogen-bond acceptors (Lipinski definition) is 3. The van der Waals surface area contributed by atoms with Crippen molar-refractivity contribution in [2.45, 2.75) is 58.4 Å². The van der Waals surface area contributed by atoms with E-state index in [1.54, 1.807) is 6.92 Å². The van der Waals surface area contributed by atoms with Crippen molar-refractivity contribution in [2.24, 2.45) is 17.8 Å². The van der Waals surface area contributed by atoms with Crippen LogP contribution in [0.15, 0.2) is 0 Å². The molecule has 2 aliphatic rings. The molecule has 19 heavy (non-hydrogen) atoms. The van der Waals surface area contributed by atoms with Crippen LogP contribution in [-0.4, -0.2) is 32.5 Å². The SMILES string of the molecule is CCNC(CCCS(=O)(=O)CC)C1C2CCCCC21. The van der Waals surface area contributed by atoms with E-state index in [-0.39, 0.29) is 5.75 Å². The van der Waals surface area contributed by atoms with Gasteiger partial charge in [0, 0.05) is 11.8 Å². The summed E-state index contributed by atoms with van der Waals surface area (Å²) in [5, 5.41) is 3.61. The summed E-state index contributed by atoms with van der Waals surface area (Å²) in [4.78, 5) is 0. The van der Waals surface area contributed by atoms with E-state index in [2.05, 4.69) is 12.2 Å². The Kier molecular flexibility index (Phi) is 5.29. The lowest BCUT2D eigenvalue weighted by Gasteiger charge is -2.18. The van der Waals surface area contributed by atoms with Crippen LogP contribution >= 0.6 is 0 Å². The standard InChI is InChI=1S/C15H29NO2S/c1-3-16-14(10-7-11-19(17,18)4-2)15-12-8-5-6-9-13(12)15/h12-16H,3-11H2,1-2H3. The zero-order chi connectivity index (χ0) is 13.9. The normalized spacial score (nSPS) is 31.8. The van der Waals surface area contributed by atoms with E-state index in [0.29, 0.717) is 11.8 Å². The maximum Gasteiger partial charge on any atom is 0.150 e. The van der Waals surface area contributed by atoms with Gasteiger partial charge in [-0.15, -0.1) is 0 Å². The van der Waals surface area contributed by atoms with Gasteiger partial charge in [-0.3, -0.25) is 0 Å². The molecule has 3 unspecified atom stereocenters. The number of sulfone groups is 1. The summed E-state index contributed by atoms with van der Waals surface area (Å²) in [6.07, 6.45) is 7.48. The highest BCUT2D eigenvalue weighted by Crippen LogP contribution is 2.57. The molecule has 0 aliphatic heterocycles. The van der Waals surface area contributed by atoms with Gasteiger partial charge in [0.15, 0.2) is 0 Å². The Hall–Kier alpha value is -0.0900. The van der Waals surface area contributed by atoms with Crippen molar-refractivity contribution in [3.63, 3.8) is 0 Å². The van der Waals surface area contributed by atoms with E-state index < -0.39 is 9.84 Å². The van der Waals surface area contributed by atoms with Crippen LogP contribution in [0.3, 0.4) is 0 Å². The third kappa shape index (κ3) is 3.94. The van der Waals surface area contributed by atoms with Crippen molar-refractivity contribution in [1.29, 1.82) is 0 Å². The topological polar surface area (TPSA) is 46.2 Å². The predicted octanol–water partition coefficient (Wildman–Crippen LogP) is 2.62. The van der Waals surface area contributed by atoms with Crippen molar-refractivity contribution < 1.29 is 8.42 Å². The lowest BCUT2D eigenvalue weighted by Crippen LogP contribution is -2.32. The molecule has 2 aliphatic carbocycles. The van der Waals surface area contributed by atoms with Gasteiger partial charge in [-0.25, -0.2) is 8.42 Å². The van der Waals surface area contributed by atoms with Gasteiger partial charge in [0.25, 0.3) is 0 Å². The molecule has 2 rings (SSSR count). The van der Waals surface area contributed by atoms with Gasteiger partial charge >= 0.3 is 0 Å². The molecule has 2 saturated carbocycles. The van der Waals surface area contributed by atoms with Gasteiger partial charge in [-0.05, 0) is 50.0 Å². The molecule has 3 atom stereocenters. The molecule has 2 fully saturated rings. The smallest absolute Gasteiger partial charge is 0.150 e. The first-order valence-corrected chi connectivity index (χ1v) is 9.85. The molecule has 0 bridgehead atoms. The Labute approximate surface area is 118 Å². The fraction of sp³-hybridized carbons (Fsp3) is 1.00. The average molecular weight is 287 g/mol. The molecule has 0 heterocycles. The third-order valence-corrected chi connectivity index (χ3v) is 6.85.